The molecule has 3 heteroatoms. The van der Waals surface area contributed by atoms with Gasteiger partial charge in [-0.05, 0) is 61.7 Å². The van der Waals surface area contributed by atoms with Crippen molar-refractivity contribution >= 4 is 11.6 Å². The van der Waals surface area contributed by atoms with Crippen molar-refractivity contribution in [3.63, 3.8) is 0 Å². The van der Waals surface area contributed by atoms with Gasteiger partial charge in [0.15, 0.2) is 0 Å². The summed E-state index contributed by atoms with van der Waals surface area (Å²) in [5, 5.41) is 1.19. The number of hydrogen-bond acceptors (Lipinski definition) is 2. The Kier molecular flexibility index (Phi) is 8.20. The highest BCUT2D eigenvalue weighted by Gasteiger charge is 2.25. The number of rotatable bonds is 5. The van der Waals surface area contributed by atoms with E-state index in [1.54, 1.807) is 0 Å². The Morgan fingerprint density at radius 2 is 1.51 bits per heavy atom. The van der Waals surface area contributed by atoms with E-state index < -0.39 is 0 Å². The molecule has 0 saturated heterocycles. The molecule has 0 atom stereocenters. The quantitative estimate of drug-likeness (QED) is 0.247. The fourth-order valence-electron chi connectivity index (χ4n) is 4.70. The minimum Gasteiger partial charge on any atom is -0.460 e. The van der Waals surface area contributed by atoms with E-state index in [9.17, 15) is 0 Å². The van der Waals surface area contributed by atoms with Crippen LogP contribution in [0.2, 0.25) is 0 Å². The first-order valence-corrected chi connectivity index (χ1v) is 14.1. The third-order valence-corrected chi connectivity index (χ3v) is 7.12. The van der Waals surface area contributed by atoms with Crippen LogP contribution in [-0.2, 0) is 5.41 Å². The van der Waals surface area contributed by atoms with Crippen LogP contribution in [0.5, 0.6) is 5.75 Å². The molecule has 4 rings (SSSR count). The summed E-state index contributed by atoms with van der Waals surface area (Å²) in [6.07, 6.45) is 12.8. The van der Waals surface area contributed by atoms with Crippen LogP contribution in [0.3, 0.4) is 0 Å². The van der Waals surface area contributed by atoms with Crippen molar-refractivity contribution in [2.24, 2.45) is 5.41 Å². The Morgan fingerprint density at radius 3 is 2.18 bits per heavy atom. The van der Waals surface area contributed by atoms with Crippen LogP contribution in [-0.4, -0.2) is 13.1 Å². The molecule has 0 fully saturated rings. The minimum absolute atomic E-state index is 0.0700. The highest BCUT2D eigenvalue weighted by molar-refractivity contribution is 5.81. The molecule has 1 aromatic rings. The monoisotopic (exact) mass is 522 g/mol. The van der Waals surface area contributed by atoms with E-state index >= 15 is 0 Å². The lowest BCUT2D eigenvalue weighted by atomic mass is 9.89. The Bertz CT molecular complexity index is 1500. The summed E-state index contributed by atoms with van der Waals surface area (Å²) in [6, 6.07) is 15.1. The van der Waals surface area contributed by atoms with Crippen LogP contribution in [0.25, 0.3) is 23.0 Å². The largest absolute Gasteiger partial charge is 0.460 e. The third-order valence-electron chi connectivity index (χ3n) is 7.12. The van der Waals surface area contributed by atoms with E-state index in [0.717, 1.165) is 58.4 Å². The number of fused-ring (bicyclic) bond motifs is 2. The van der Waals surface area contributed by atoms with Gasteiger partial charge in [-0.1, -0.05) is 84.1 Å². The van der Waals surface area contributed by atoms with Crippen molar-refractivity contribution in [3.8, 4) is 17.1 Å². The molecule has 0 aromatic heterocycles. The summed E-state index contributed by atoms with van der Waals surface area (Å²) in [6.45, 7) is 21.5. The van der Waals surface area contributed by atoms with Crippen LogP contribution in [0.15, 0.2) is 83.0 Å². The SMILES string of the molecule is CC[N+](CC)=c1ccc2c(/C=C/C=C/C=C3\C=C(C(C)(C)C)Oc4cc(C)ccc43)cc(C(C)(C)C)oc-2c1. The molecular weight excluding hydrogens is 478 g/mol. The van der Waals surface area contributed by atoms with Gasteiger partial charge in [0.25, 0.3) is 0 Å². The molecule has 3 aliphatic rings. The molecule has 1 aliphatic carbocycles. The molecule has 0 spiro atoms. The van der Waals surface area contributed by atoms with Gasteiger partial charge in [0.1, 0.15) is 36.1 Å². The van der Waals surface area contributed by atoms with Gasteiger partial charge in [0, 0.05) is 28.0 Å². The summed E-state index contributed by atoms with van der Waals surface area (Å²) < 4.78 is 15.1. The predicted octanol–water partition coefficient (Wildman–Crippen LogP) is 8.78. The molecule has 2 aliphatic heterocycles. The first-order chi connectivity index (χ1) is 18.4. The average Bonchev–Trinajstić information content (AvgIpc) is 2.87. The van der Waals surface area contributed by atoms with E-state index in [2.05, 4.69) is 146 Å². The van der Waals surface area contributed by atoms with Crippen LogP contribution in [0.1, 0.15) is 77.8 Å². The number of benzene rings is 2. The lowest BCUT2D eigenvalue weighted by molar-refractivity contribution is 0.290. The Labute approximate surface area is 234 Å². The molecule has 39 heavy (non-hydrogen) atoms. The number of allylic oxidation sites excluding steroid dienone is 7. The van der Waals surface area contributed by atoms with E-state index in [0.29, 0.717) is 0 Å². The molecule has 0 bridgehead atoms. The maximum absolute atomic E-state index is 6.43. The Balaban J connectivity index is 1.70. The predicted molar refractivity (Wildman–Crippen MR) is 166 cm³/mol. The summed E-state index contributed by atoms with van der Waals surface area (Å²) in [7, 11) is 0. The van der Waals surface area contributed by atoms with Crippen LogP contribution < -0.4 is 14.7 Å². The maximum Gasteiger partial charge on any atom is 0.203 e. The lowest BCUT2D eigenvalue weighted by Gasteiger charge is -2.28. The third kappa shape index (κ3) is 6.53. The summed E-state index contributed by atoms with van der Waals surface area (Å²) in [5.41, 5.74) is 5.60. The zero-order valence-corrected chi connectivity index (χ0v) is 25.2. The highest BCUT2D eigenvalue weighted by atomic mass is 16.5. The van der Waals surface area contributed by atoms with Crippen molar-refractivity contribution in [1.29, 1.82) is 0 Å². The maximum atomic E-state index is 6.43. The lowest BCUT2D eigenvalue weighted by Crippen LogP contribution is -2.29. The molecule has 0 radical (unpaired) electrons. The number of ether oxygens (including phenoxy) is 1. The van der Waals surface area contributed by atoms with E-state index in [1.807, 2.05) is 0 Å². The minimum atomic E-state index is -0.0892. The second kappa shape index (κ2) is 11.3. The van der Waals surface area contributed by atoms with Crippen molar-refractivity contribution in [2.45, 2.75) is 67.7 Å². The van der Waals surface area contributed by atoms with Crippen LogP contribution >= 0.6 is 0 Å². The number of hydrogen-bond donors (Lipinski definition) is 0. The van der Waals surface area contributed by atoms with Crippen molar-refractivity contribution in [2.75, 3.05) is 13.1 Å². The van der Waals surface area contributed by atoms with E-state index in [4.69, 9.17) is 9.15 Å². The van der Waals surface area contributed by atoms with Gasteiger partial charge in [-0.25, -0.2) is 4.58 Å². The van der Waals surface area contributed by atoms with Gasteiger partial charge in [-0.15, -0.1) is 0 Å². The first-order valence-electron chi connectivity index (χ1n) is 14.1. The van der Waals surface area contributed by atoms with Gasteiger partial charge in [-0.3, -0.25) is 0 Å². The zero-order chi connectivity index (χ0) is 28.4. The van der Waals surface area contributed by atoms with Crippen molar-refractivity contribution in [1.82, 2.24) is 4.58 Å². The zero-order valence-electron chi connectivity index (χ0n) is 25.2. The van der Waals surface area contributed by atoms with Crippen LogP contribution in [0.4, 0.5) is 0 Å². The van der Waals surface area contributed by atoms with Crippen molar-refractivity contribution < 1.29 is 9.15 Å². The Morgan fingerprint density at radius 1 is 0.795 bits per heavy atom. The van der Waals surface area contributed by atoms with Gasteiger partial charge in [-0.2, -0.15) is 0 Å². The summed E-state index contributed by atoms with van der Waals surface area (Å²) in [4.78, 5) is 0. The Hall–Kier alpha value is -3.59. The molecule has 3 nitrogen and oxygen atoms in total. The summed E-state index contributed by atoms with van der Waals surface area (Å²) >= 11 is 0. The van der Waals surface area contributed by atoms with Gasteiger partial charge in [0.05, 0.1) is 6.07 Å². The summed E-state index contributed by atoms with van der Waals surface area (Å²) in [5.74, 6) is 3.81. The second-order valence-electron chi connectivity index (χ2n) is 12.4. The normalized spacial score (nSPS) is 15.2. The molecule has 2 heterocycles. The molecule has 0 unspecified atom stereocenters. The van der Waals surface area contributed by atoms with E-state index in [-0.39, 0.29) is 10.8 Å². The fourth-order valence-corrected chi connectivity index (χ4v) is 4.70. The second-order valence-corrected chi connectivity index (χ2v) is 12.4. The molecule has 0 saturated carbocycles. The number of aryl methyl sites for hydroxylation is 1. The van der Waals surface area contributed by atoms with E-state index in [1.165, 1.54) is 10.9 Å². The first kappa shape index (κ1) is 28.4. The number of nitrogens with zero attached hydrogens (tertiary/aromatic N) is 1. The molecular formula is C36H44NO2+. The van der Waals surface area contributed by atoms with Gasteiger partial charge < -0.3 is 9.15 Å². The smallest absolute Gasteiger partial charge is 0.203 e. The fraction of sp³-hybridized carbons (Fsp3) is 0.361. The van der Waals surface area contributed by atoms with Gasteiger partial charge in [0.2, 0.25) is 5.36 Å². The van der Waals surface area contributed by atoms with Crippen LogP contribution in [0, 0.1) is 12.3 Å². The van der Waals surface area contributed by atoms with Gasteiger partial charge >= 0.3 is 0 Å². The molecule has 0 amide bonds. The van der Waals surface area contributed by atoms with Crippen molar-refractivity contribution in [3.05, 3.63) is 106 Å². The highest BCUT2D eigenvalue weighted by Crippen LogP contribution is 2.40. The molecule has 1 aromatic carbocycles. The topological polar surface area (TPSA) is 25.4 Å². The molecule has 0 N–H and O–H groups in total. The standard InChI is InChI=1S/C36H44NO2/c1-10-37(11-2)28-18-20-30-27(23-34(36(7,8)9)39-32(30)24-28)16-14-12-13-15-26-22-33(35(4,5)6)38-31-21-25(3)17-19-29(26)31/h12-24H,10-11H2,1-9H3/q+1/b13-12+,16-14+,26-15+. The molecule has 204 valence electrons. The average molecular weight is 523 g/mol.